The van der Waals surface area contributed by atoms with Crippen LogP contribution in [-0.4, -0.2) is 93.5 Å². The van der Waals surface area contributed by atoms with Crippen molar-refractivity contribution < 1.29 is 24.6 Å². The van der Waals surface area contributed by atoms with Crippen LogP contribution in [0.5, 0.6) is 0 Å². The van der Waals surface area contributed by atoms with E-state index in [1.807, 2.05) is 18.7 Å². The van der Waals surface area contributed by atoms with Crippen molar-refractivity contribution in [3.8, 4) is 0 Å². The lowest BCUT2D eigenvalue weighted by Gasteiger charge is -2.46. The molecule has 7 atom stereocenters. The average molecular weight is 439 g/mol. The molecular weight excluding hydrogens is 408 g/mol. The quantitative estimate of drug-likeness (QED) is 0.421. The number of aliphatic carboxylic acids is 1. The number of nitrogens with one attached hydrogen (secondary N) is 2. The van der Waals surface area contributed by atoms with Gasteiger partial charge in [0.1, 0.15) is 5.70 Å². The Balaban J connectivity index is 1.46. The minimum absolute atomic E-state index is 0.0462. The average Bonchev–Trinajstić information content (AvgIpc) is 3.24. The molecule has 0 saturated carbocycles. The highest BCUT2D eigenvalue weighted by molar-refractivity contribution is 8.03. The Morgan fingerprint density at radius 3 is 2.63 bits per heavy atom. The Bertz CT molecular complexity index is 787. The Morgan fingerprint density at radius 2 is 2.00 bits per heavy atom. The van der Waals surface area contributed by atoms with E-state index in [0.717, 1.165) is 13.1 Å². The number of piperazine rings is 1. The zero-order valence-corrected chi connectivity index (χ0v) is 18.3. The van der Waals surface area contributed by atoms with Gasteiger partial charge < -0.3 is 30.6 Å². The fraction of sp³-hybridized carbons (Fsp3) is 0.750. The van der Waals surface area contributed by atoms with Gasteiger partial charge in [0.15, 0.2) is 0 Å². The first kappa shape index (κ1) is 21.6. The second-order valence-electron chi connectivity index (χ2n) is 8.79. The van der Waals surface area contributed by atoms with Crippen molar-refractivity contribution in [2.24, 2.45) is 11.8 Å². The Morgan fingerprint density at radius 1 is 1.27 bits per heavy atom. The van der Waals surface area contributed by atoms with Crippen molar-refractivity contribution in [3.63, 3.8) is 0 Å². The third kappa shape index (κ3) is 3.43. The molecule has 0 aromatic carbocycles. The second-order valence-corrected chi connectivity index (χ2v) is 10.1. The van der Waals surface area contributed by atoms with Gasteiger partial charge in [-0.1, -0.05) is 6.92 Å². The summed E-state index contributed by atoms with van der Waals surface area (Å²) < 4.78 is 0. The molecule has 0 bridgehead atoms. The first-order chi connectivity index (χ1) is 14.2. The van der Waals surface area contributed by atoms with Crippen molar-refractivity contribution in [1.29, 1.82) is 0 Å². The van der Waals surface area contributed by atoms with Crippen LogP contribution in [0, 0.1) is 11.8 Å². The maximum Gasteiger partial charge on any atom is 0.353 e. The van der Waals surface area contributed by atoms with Crippen molar-refractivity contribution in [2.45, 2.75) is 56.7 Å². The summed E-state index contributed by atoms with van der Waals surface area (Å²) in [5.74, 6) is -2.04. The number of β-lactam (4-membered cyclic amide) rings is 1. The molecule has 10 heteroatoms. The van der Waals surface area contributed by atoms with Crippen LogP contribution in [0.3, 0.4) is 0 Å². The van der Waals surface area contributed by atoms with Crippen molar-refractivity contribution in [1.82, 2.24) is 20.4 Å². The van der Waals surface area contributed by atoms with Gasteiger partial charge in [0, 0.05) is 48.3 Å². The molecule has 4 aliphatic rings. The Kier molecular flexibility index (Phi) is 5.86. The molecule has 0 aliphatic carbocycles. The van der Waals surface area contributed by atoms with E-state index in [9.17, 15) is 24.6 Å². The first-order valence-electron chi connectivity index (χ1n) is 10.6. The third-order valence-electron chi connectivity index (χ3n) is 6.78. The number of aliphatic hydroxyl groups excluding tert-OH is 1. The third-order valence-corrected chi connectivity index (χ3v) is 8.29. The summed E-state index contributed by atoms with van der Waals surface area (Å²) in [5.41, 5.74) is 0.0462. The molecule has 2 amide bonds. The highest BCUT2D eigenvalue weighted by Crippen LogP contribution is 2.51. The molecule has 4 N–H and O–H groups in total. The van der Waals surface area contributed by atoms with Gasteiger partial charge in [-0.3, -0.25) is 9.59 Å². The molecular formula is C20H30N4O5S. The summed E-state index contributed by atoms with van der Waals surface area (Å²) in [4.78, 5) is 41.3. The van der Waals surface area contributed by atoms with Crippen LogP contribution in [0.15, 0.2) is 10.6 Å². The molecule has 30 heavy (non-hydrogen) atoms. The fourth-order valence-corrected chi connectivity index (χ4v) is 6.69. The summed E-state index contributed by atoms with van der Waals surface area (Å²) in [7, 11) is 0. The summed E-state index contributed by atoms with van der Waals surface area (Å²) >= 11 is 1.47. The highest BCUT2D eigenvalue weighted by Gasteiger charge is 2.60. The molecule has 4 heterocycles. The number of carboxylic acid groups (broad SMARTS) is 1. The number of carboxylic acids is 1. The molecule has 166 valence electrons. The summed E-state index contributed by atoms with van der Waals surface area (Å²) in [6, 6.07) is -0.417. The number of thioether (sulfide) groups is 1. The fourth-order valence-electron chi connectivity index (χ4n) is 5.21. The van der Waals surface area contributed by atoms with Gasteiger partial charge in [-0.15, -0.1) is 11.8 Å². The van der Waals surface area contributed by atoms with E-state index in [-0.39, 0.29) is 46.8 Å². The minimum Gasteiger partial charge on any atom is -0.477 e. The first-order valence-corrected chi connectivity index (χ1v) is 11.5. The SMILES string of the molecule is C[C@@H](O)[C@H]1C(=O)N2C(C(=O)O)=C(S[C@@H]3CN[C@H](C(=O)N4CCNC[C@@H]4C)C3)[C@H](C)[C@H]12. The Hall–Kier alpha value is -1.62. The molecule has 0 aromatic heterocycles. The van der Waals surface area contributed by atoms with E-state index in [0.29, 0.717) is 24.4 Å². The van der Waals surface area contributed by atoms with Gasteiger partial charge in [-0.05, 0) is 20.3 Å². The monoisotopic (exact) mass is 438 g/mol. The highest BCUT2D eigenvalue weighted by atomic mass is 32.2. The number of aliphatic hydroxyl groups is 1. The zero-order valence-electron chi connectivity index (χ0n) is 17.5. The molecule has 3 saturated heterocycles. The minimum atomic E-state index is -1.11. The van der Waals surface area contributed by atoms with Crippen LogP contribution in [-0.2, 0) is 14.4 Å². The van der Waals surface area contributed by atoms with E-state index in [2.05, 4.69) is 10.6 Å². The van der Waals surface area contributed by atoms with Crippen LogP contribution < -0.4 is 10.6 Å². The van der Waals surface area contributed by atoms with Crippen LogP contribution in [0.25, 0.3) is 0 Å². The van der Waals surface area contributed by atoms with Gasteiger partial charge >= 0.3 is 5.97 Å². The standard InChI is InChI=1S/C20H30N4O5S/c1-9-7-21-4-5-23(9)18(26)13-6-12(8-22-13)30-17-10(2)15-14(11(3)25)19(27)24(15)16(17)20(28)29/h9-15,21-22,25H,4-8H2,1-3H3,(H,28,29)/t9-,10+,11+,12-,13-,14+,15+/m0/s1. The molecule has 3 fully saturated rings. The molecule has 4 aliphatic heterocycles. The molecule has 4 rings (SSSR count). The molecule has 0 unspecified atom stereocenters. The molecule has 0 aromatic rings. The topological polar surface area (TPSA) is 122 Å². The maximum atomic E-state index is 12.9. The number of hydrogen-bond donors (Lipinski definition) is 4. The van der Waals surface area contributed by atoms with E-state index in [1.165, 1.54) is 16.7 Å². The van der Waals surface area contributed by atoms with Crippen LogP contribution in [0.2, 0.25) is 0 Å². The van der Waals surface area contributed by atoms with Crippen LogP contribution >= 0.6 is 11.8 Å². The lowest BCUT2D eigenvalue weighted by molar-refractivity contribution is -0.163. The smallest absolute Gasteiger partial charge is 0.353 e. The van der Waals surface area contributed by atoms with Gasteiger partial charge in [0.2, 0.25) is 11.8 Å². The number of carbonyl (C=O) groups is 3. The lowest BCUT2D eigenvalue weighted by atomic mass is 9.79. The maximum absolute atomic E-state index is 12.9. The van der Waals surface area contributed by atoms with E-state index in [1.54, 1.807) is 6.92 Å². The molecule has 9 nitrogen and oxygen atoms in total. The normalized spacial score (nSPS) is 37.3. The number of amides is 2. The van der Waals surface area contributed by atoms with E-state index < -0.39 is 18.0 Å². The Labute approximate surface area is 180 Å². The predicted molar refractivity (Wildman–Crippen MR) is 111 cm³/mol. The number of nitrogens with zero attached hydrogens (tertiary/aromatic N) is 2. The second kappa shape index (κ2) is 8.14. The van der Waals surface area contributed by atoms with Crippen molar-refractivity contribution in [3.05, 3.63) is 10.6 Å². The summed E-state index contributed by atoms with van der Waals surface area (Å²) in [5, 5.41) is 26.4. The van der Waals surface area contributed by atoms with Crippen molar-refractivity contribution in [2.75, 3.05) is 26.2 Å². The van der Waals surface area contributed by atoms with E-state index in [4.69, 9.17) is 0 Å². The predicted octanol–water partition coefficient (Wildman–Crippen LogP) is -0.576. The molecule has 0 spiro atoms. The van der Waals surface area contributed by atoms with Crippen LogP contribution in [0.4, 0.5) is 0 Å². The van der Waals surface area contributed by atoms with Crippen LogP contribution in [0.1, 0.15) is 27.2 Å². The zero-order chi connectivity index (χ0) is 21.7. The number of rotatable bonds is 5. The van der Waals surface area contributed by atoms with Gasteiger partial charge in [-0.2, -0.15) is 0 Å². The summed E-state index contributed by atoms with van der Waals surface area (Å²) in [6.45, 7) is 8.43. The number of carbonyl (C=O) groups excluding carboxylic acids is 2. The van der Waals surface area contributed by atoms with E-state index >= 15 is 0 Å². The molecule has 0 radical (unpaired) electrons. The lowest BCUT2D eigenvalue weighted by Crippen LogP contribution is -2.63. The van der Waals surface area contributed by atoms with Crippen molar-refractivity contribution >= 4 is 29.5 Å². The van der Waals surface area contributed by atoms with Gasteiger partial charge in [0.25, 0.3) is 0 Å². The number of hydrogen-bond acceptors (Lipinski definition) is 7. The largest absolute Gasteiger partial charge is 0.477 e. The number of fused-ring (bicyclic) bond motifs is 1. The summed E-state index contributed by atoms with van der Waals surface area (Å²) in [6.07, 6.45) is -0.182. The van der Waals surface area contributed by atoms with Gasteiger partial charge in [0.05, 0.1) is 24.1 Å². The van der Waals surface area contributed by atoms with Gasteiger partial charge in [-0.25, -0.2) is 4.79 Å².